The van der Waals surface area contributed by atoms with E-state index in [1.54, 1.807) is 4.57 Å². The van der Waals surface area contributed by atoms with Crippen LogP contribution in [0.15, 0.2) is 27.0 Å². The number of thioether (sulfide) groups is 2. The molecule has 20 heteroatoms. The number of rotatable bonds is 11. The van der Waals surface area contributed by atoms with E-state index in [0.29, 0.717) is 17.3 Å². The van der Waals surface area contributed by atoms with Gasteiger partial charge >= 0.3 is 17.9 Å². The second kappa shape index (κ2) is 12.0. The molecule has 2 aliphatic heterocycles. The van der Waals surface area contributed by atoms with Crippen molar-refractivity contribution in [3.05, 3.63) is 22.3 Å². The Kier molecular flexibility index (Phi) is 8.78. The number of carbonyl (C=O) groups excluding carboxylic acids is 3. The molecule has 0 spiro atoms. The molecule has 4 heterocycles. The highest BCUT2D eigenvalue weighted by Gasteiger charge is 2.53. The van der Waals surface area contributed by atoms with E-state index in [0.717, 1.165) is 16.2 Å². The molecule has 2 atom stereocenters. The smallest absolute Gasteiger partial charge is 0.350 e. The fourth-order valence-corrected chi connectivity index (χ4v) is 6.91. The van der Waals surface area contributed by atoms with Gasteiger partial charge in [-0.2, -0.15) is 0 Å². The number of carbonyl (C=O) groups is 4. The van der Waals surface area contributed by atoms with E-state index >= 15 is 0 Å². The molecule has 0 radical (unpaired) electrons. The van der Waals surface area contributed by atoms with Gasteiger partial charge in [0.25, 0.3) is 17.0 Å². The van der Waals surface area contributed by atoms with Crippen molar-refractivity contribution in [3.63, 3.8) is 0 Å². The van der Waals surface area contributed by atoms with Crippen LogP contribution < -0.4 is 32.2 Å². The summed E-state index contributed by atoms with van der Waals surface area (Å²) in [5.74, 6) is -4.02. The number of β-lactam (4-membered cyclic amide) rings is 1. The Morgan fingerprint density at radius 2 is 2.02 bits per heavy atom. The summed E-state index contributed by atoms with van der Waals surface area (Å²) in [5, 5.41) is 28.9. The largest absolute Gasteiger partial charge is 0.543 e. The van der Waals surface area contributed by atoms with Gasteiger partial charge in [-0.1, -0.05) is 26.9 Å². The number of nitrogens with two attached hydrogens (primary N) is 3. The van der Waals surface area contributed by atoms with Crippen LogP contribution in [0.5, 0.6) is 0 Å². The van der Waals surface area contributed by atoms with Gasteiger partial charge < -0.3 is 42.4 Å². The predicted octanol–water partition coefficient (Wildman–Crippen LogP) is -2.23. The lowest BCUT2D eigenvalue weighted by atomic mass is 10.0. The number of hydrogen-bond donors (Lipinski definition) is 5. The average molecular weight is 639 g/mol. The lowest BCUT2D eigenvalue weighted by Gasteiger charge is -2.50. The number of hydrogen-bond acceptors (Lipinski definition) is 16. The van der Waals surface area contributed by atoms with E-state index in [4.69, 9.17) is 22.0 Å². The molecular weight excluding hydrogens is 613 g/mol. The van der Waals surface area contributed by atoms with Crippen molar-refractivity contribution in [2.24, 2.45) is 5.16 Å². The quantitative estimate of drug-likeness (QED) is 0.0573. The molecule has 2 aromatic heterocycles. The minimum Gasteiger partial charge on any atom is -0.543 e. The maximum absolute atomic E-state index is 13.2. The molecule has 0 aromatic carbocycles. The number of nitrogen functional groups attached to an aromatic ring is 3. The summed E-state index contributed by atoms with van der Waals surface area (Å²) in [6.45, 7) is 4.74. The Morgan fingerprint density at radius 3 is 2.62 bits per heavy atom. The molecule has 0 saturated carbocycles. The summed E-state index contributed by atoms with van der Waals surface area (Å²) in [5.41, 5.74) is 15.2. The van der Waals surface area contributed by atoms with Crippen molar-refractivity contribution in [1.82, 2.24) is 25.2 Å². The SMILES string of the molecule is CC[n+]1c(N)nc(N)nc1SCC1=C(C(=O)[O-])N2C(=O)C(NC(=O)/C(=N/OC(C)(C)C(=O)O)c3csc(N)n3)C2SC1. The molecule has 8 N–H and O–H groups in total. The van der Waals surface area contributed by atoms with Crippen molar-refractivity contribution >= 4 is 81.4 Å². The topological polar surface area (TPSA) is 269 Å². The van der Waals surface area contributed by atoms with Gasteiger partial charge in [0.05, 0.1) is 18.2 Å². The highest BCUT2D eigenvalue weighted by atomic mass is 32.2. The number of oxime groups is 1. The number of aromatic nitrogens is 4. The number of anilines is 3. The third-order valence-corrected chi connectivity index (χ3v) is 9.10. The molecular formula is C22H26N10O7S3. The standard InChI is InChI=1S/C22H26N10O7S3/c1-4-31-19(24)28-18(23)29-21(31)42-6-8-5-40-15-11(14(34)32(15)12(8)16(35)36)27-13(33)10(9-7-41-20(25)26-9)30-39-22(2,3)17(37)38/h7,11,15H,4-6H2,1-3H3,(H8,23,24,25,26,27,28,33,35,36,37,38)/b30-10+. The minimum absolute atomic E-state index is 0.000981. The van der Waals surface area contributed by atoms with Gasteiger partial charge in [-0.15, -0.1) is 23.1 Å². The van der Waals surface area contributed by atoms with Gasteiger partial charge in [-0.25, -0.2) is 14.3 Å². The summed E-state index contributed by atoms with van der Waals surface area (Å²) < 4.78 is 1.61. The summed E-state index contributed by atoms with van der Waals surface area (Å²) in [6, 6.07) is -1.12. The van der Waals surface area contributed by atoms with Crippen LogP contribution in [0.4, 0.5) is 17.0 Å². The lowest BCUT2D eigenvalue weighted by molar-refractivity contribution is -0.722. The van der Waals surface area contributed by atoms with E-state index in [-0.39, 0.29) is 39.9 Å². The van der Waals surface area contributed by atoms with E-state index in [1.807, 2.05) is 6.92 Å². The molecule has 17 nitrogen and oxygen atoms in total. The van der Waals surface area contributed by atoms with Crippen LogP contribution in [-0.2, 0) is 30.6 Å². The number of nitrogens with zero attached hydrogens (tertiary/aromatic N) is 6. The number of nitrogens with one attached hydrogen (secondary N) is 1. The molecule has 1 saturated heterocycles. The van der Waals surface area contributed by atoms with Gasteiger partial charge in [0.15, 0.2) is 10.8 Å². The lowest BCUT2D eigenvalue weighted by Crippen LogP contribution is -2.71. The number of amides is 2. The summed E-state index contributed by atoms with van der Waals surface area (Å²) in [7, 11) is 0. The second-order valence-corrected chi connectivity index (χ2v) is 12.2. The summed E-state index contributed by atoms with van der Waals surface area (Å²) in [4.78, 5) is 68.2. The fraction of sp³-hybridized carbons (Fsp3) is 0.409. The van der Waals surface area contributed by atoms with Crippen LogP contribution in [0.2, 0.25) is 0 Å². The van der Waals surface area contributed by atoms with Crippen LogP contribution >= 0.6 is 34.9 Å². The molecule has 2 aliphatic rings. The van der Waals surface area contributed by atoms with Gasteiger partial charge in [0.2, 0.25) is 5.60 Å². The van der Waals surface area contributed by atoms with Crippen LogP contribution in [0, 0.1) is 0 Å². The Labute approximate surface area is 250 Å². The normalized spacial score (nSPS) is 18.8. The Hall–Kier alpha value is -4.17. The molecule has 0 aliphatic carbocycles. The Bertz CT molecular complexity index is 1530. The highest BCUT2D eigenvalue weighted by Crippen LogP contribution is 2.41. The van der Waals surface area contributed by atoms with Crippen molar-refractivity contribution in [2.75, 3.05) is 28.7 Å². The van der Waals surface area contributed by atoms with Gasteiger partial charge in [-0.3, -0.25) is 14.5 Å². The number of carboxylic acid groups (broad SMARTS) is 2. The van der Waals surface area contributed by atoms with Crippen LogP contribution in [-0.4, -0.2) is 82.9 Å². The van der Waals surface area contributed by atoms with Crippen molar-refractivity contribution < 1.29 is 38.8 Å². The van der Waals surface area contributed by atoms with E-state index in [9.17, 15) is 29.4 Å². The predicted molar refractivity (Wildman–Crippen MR) is 150 cm³/mol. The van der Waals surface area contributed by atoms with Gasteiger partial charge in [-0.05, 0) is 26.3 Å². The van der Waals surface area contributed by atoms with E-state index < -0.39 is 46.5 Å². The second-order valence-electron chi connectivity index (χ2n) is 9.27. The number of fused-ring (bicyclic) bond motifs is 1. The average Bonchev–Trinajstić information content (AvgIpc) is 3.35. The van der Waals surface area contributed by atoms with Crippen molar-refractivity contribution in [2.45, 2.75) is 49.5 Å². The van der Waals surface area contributed by atoms with Crippen LogP contribution in [0.3, 0.4) is 0 Å². The number of carboxylic acids is 2. The zero-order valence-corrected chi connectivity index (χ0v) is 24.8. The third-order valence-electron chi connectivity index (χ3n) is 6.03. The molecule has 0 bridgehead atoms. The Morgan fingerprint density at radius 1 is 1.31 bits per heavy atom. The zero-order chi connectivity index (χ0) is 30.9. The molecule has 224 valence electrons. The molecule has 42 heavy (non-hydrogen) atoms. The van der Waals surface area contributed by atoms with Crippen LogP contribution in [0.1, 0.15) is 26.5 Å². The molecule has 2 aromatic rings. The van der Waals surface area contributed by atoms with Crippen molar-refractivity contribution in [3.8, 4) is 0 Å². The maximum atomic E-state index is 13.2. The monoisotopic (exact) mass is 638 g/mol. The van der Waals surface area contributed by atoms with Gasteiger partial charge in [0.1, 0.15) is 17.1 Å². The molecule has 1 fully saturated rings. The van der Waals surface area contributed by atoms with Crippen LogP contribution in [0.25, 0.3) is 0 Å². The zero-order valence-electron chi connectivity index (χ0n) is 22.4. The molecule has 4 rings (SSSR count). The highest BCUT2D eigenvalue weighted by molar-refractivity contribution is 8.01. The first-order valence-electron chi connectivity index (χ1n) is 12.1. The number of aliphatic carboxylic acids is 2. The third kappa shape index (κ3) is 6.04. The fourth-order valence-electron chi connectivity index (χ4n) is 3.81. The Balaban J connectivity index is 1.54. The van der Waals surface area contributed by atoms with E-state index in [1.165, 1.54) is 42.8 Å². The first kappa shape index (κ1) is 30.8. The molecule has 2 unspecified atom stereocenters. The minimum atomic E-state index is -1.78. The maximum Gasteiger partial charge on any atom is 0.350 e. The van der Waals surface area contributed by atoms with Gasteiger partial charge in [0, 0.05) is 16.9 Å². The first-order chi connectivity index (χ1) is 19.7. The number of thiazole rings is 1. The summed E-state index contributed by atoms with van der Waals surface area (Å²) >= 11 is 3.42. The molecule has 2 amide bonds. The first-order valence-corrected chi connectivity index (χ1v) is 15.0. The summed E-state index contributed by atoms with van der Waals surface area (Å²) in [6.07, 6.45) is 0. The van der Waals surface area contributed by atoms with E-state index in [2.05, 4.69) is 25.4 Å². The van der Waals surface area contributed by atoms with Crippen molar-refractivity contribution in [1.29, 1.82) is 0 Å².